The molecule has 0 fully saturated rings. The predicted octanol–water partition coefficient (Wildman–Crippen LogP) is 10.0. The van der Waals surface area contributed by atoms with E-state index in [-0.39, 0.29) is 0 Å². The first kappa shape index (κ1) is 28.5. The molecule has 0 amide bonds. The standard InChI is InChI=1S/C16H27S.3C4H9.Sn/c1-3-5-7-9-11-15-13-14-17-16(15)12-10-8-6-4-2;3*1-3-4-2;/h13H,3-12H2,1-2H3;3*1,3-4H2,2H3;. The Morgan fingerprint density at radius 3 is 1.50 bits per heavy atom. The van der Waals surface area contributed by atoms with E-state index in [4.69, 9.17) is 0 Å². The zero-order chi connectivity index (χ0) is 22.1. The molecule has 0 aliphatic rings. The maximum atomic E-state index is 2.81. The van der Waals surface area contributed by atoms with E-state index in [9.17, 15) is 0 Å². The summed E-state index contributed by atoms with van der Waals surface area (Å²) in [4.78, 5) is 1.81. The molecule has 0 aliphatic carbocycles. The molecule has 1 aromatic rings. The van der Waals surface area contributed by atoms with Crippen LogP contribution in [0.4, 0.5) is 0 Å². The van der Waals surface area contributed by atoms with Gasteiger partial charge in [-0.05, 0) is 0 Å². The van der Waals surface area contributed by atoms with Crippen LogP contribution in [0.2, 0.25) is 13.3 Å². The van der Waals surface area contributed by atoms with Crippen molar-refractivity contribution in [1.29, 1.82) is 0 Å². The third-order valence-electron chi connectivity index (χ3n) is 7.00. The fraction of sp³-hybridized carbons (Fsp3) is 0.857. The van der Waals surface area contributed by atoms with Crippen LogP contribution in [0.1, 0.15) is 135 Å². The van der Waals surface area contributed by atoms with Crippen LogP contribution < -0.4 is 2.89 Å². The van der Waals surface area contributed by atoms with Gasteiger partial charge in [0.1, 0.15) is 0 Å². The molecule has 0 aromatic carbocycles. The summed E-state index contributed by atoms with van der Waals surface area (Å²) in [7, 11) is 0. The van der Waals surface area contributed by atoms with Crippen LogP contribution in [0.15, 0.2) is 6.07 Å². The van der Waals surface area contributed by atoms with Gasteiger partial charge in [0, 0.05) is 0 Å². The van der Waals surface area contributed by atoms with Crippen molar-refractivity contribution in [3.8, 4) is 0 Å². The summed E-state index contributed by atoms with van der Waals surface area (Å²) < 4.78 is 6.85. The Hall–Kier alpha value is 0.499. The van der Waals surface area contributed by atoms with Gasteiger partial charge in [-0.2, -0.15) is 0 Å². The Labute approximate surface area is 198 Å². The van der Waals surface area contributed by atoms with Crippen LogP contribution in [0.3, 0.4) is 0 Å². The van der Waals surface area contributed by atoms with Gasteiger partial charge < -0.3 is 0 Å². The molecule has 0 N–H and O–H groups in total. The normalized spacial score (nSPS) is 12.0. The number of thiophene rings is 1. The molecular formula is C28H54SSn. The summed E-state index contributed by atoms with van der Waals surface area (Å²) in [6, 6.07) is 2.81. The first-order valence-electron chi connectivity index (χ1n) is 13.8. The van der Waals surface area contributed by atoms with Gasteiger partial charge in [-0.15, -0.1) is 0 Å². The fourth-order valence-corrected chi connectivity index (χ4v) is 25.5. The van der Waals surface area contributed by atoms with Gasteiger partial charge in [-0.1, -0.05) is 0 Å². The Kier molecular flexibility index (Phi) is 17.1. The fourth-order valence-electron chi connectivity index (χ4n) is 4.90. The number of hydrogen-bond acceptors (Lipinski definition) is 1. The van der Waals surface area contributed by atoms with Crippen LogP contribution in [0, 0.1) is 0 Å². The van der Waals surface area contributed by atoms with E-state index in [0.717, 1.165) is 0 Å². The molecule has 0 unspecified atom stereocenters. The van der Waals surface area contributed by atoms with Gasteiger partial charge >= 0.3 is 200 Å². The van der Waals surface area contributed by atoms with E-state index in [0.29, 0.717) is 0 Å². The van der Waals surface area contributed by atoms with Gasteiger partial charge in [-0.3, -0.25) is 0 Å². The Morgan fingerprint density at radius 2 is 1.03 bits per heavy atom. The second-order valence-electron chi connectivity index (χ2n) is 9.77. The molecule has 1 rings (SSSR count). The van der Waals surface area contributed by atoms with Crippen molar-refractivity contribution in [2.24, 2.45) is 0 Å². The summed E-state index contributed by atoms with van der Waals surface area (Å²) in [5, 5.41) is 0. The average Bonchev–Trinajstić information content (AvgIpc) is 3.17. The second-order valence-corrected chi connectivity index (χ2v) is 25.1. The van der Waals surface area contributed by atoms with E-state index < -0.39 is 18.4 Å². The number of unbranched alkanes of at least 4 members (excludes halogenated alkanes) is 9. The molecular weight excluding hydrogens is 487 g/mol. The summed E-state index contributed by atoms with van der Waals surface area (Å²) in [5.74, 6) is 0. The quantitative estimate of drug-likeness (QED) is 0.114. The Bertz CT molecular complexity index is 467. The summed E-state index contributed by atoms with van der Waals surface area (Å²) in [5.41, 5.74) is 1.79. The van der Waals surface area contributed by atoms with Crippen molar-refractivity contribution < 1.29 is 0 Å². The van der Waals surface area contributed by atoms with Crippen molar-refractivity contribution >= 4 is 32.6 Å². The Balaban J connectivity index is 3.12. The predicted molar refractivity (Wildman–Crippen MR) is 145 cm³/mol. The first-order chi connectivity index (χ1) is 14.7. The molecule has 0 saturated carbocycles. The van der Waals surface area contributed by atoms with Gasteiger partial charge in [0.25, 0.3) is 0 Å². The molecule has 2 heteroatoms. The number of hydrogen-bond donors (Lipinski definition) is 0. The molecule has 0 nitrogen and oxygen atoms in total. The van der Waals surface area contributed by atoms with Crippen LogP contribution in [0.5, 0.6) is 0 Å². The van der Waals surface area contributed by atoms with Gasteiger partial charge in [0.15, 0.2) is 0 Å². The van der Waals surface area contributed by atoms with Gasteiger partial charge in [0.2, 0.25) is 0 Å². The van der Waals surface area contributed by atoms with Crippen molar-refractivity contribution in [1.82, 2.24) is 0 Å². The zero-order valence-electron chi connectivity index (χ0n) is 21.4. The van der Waals surface area contributed by atoms with E-state index in [2.05, 4.69) is 52.0 Å². The molecule has 0 spiro atoms. The summed E-state index contributed by atoms with van der Waals surface area (Å²) >= 11 is 0.0758. The van der Waals surface area contributed by atoms with Gasteiger partial charge in [0.05, 0.1) is 0 Å². The molecule has 0 aliphatic heterocycles. The molecule has 1 aromatic heterocycles. The monoisotopic (exact) mass is 542 g/mol. The first-order valence-corrected chi connectivity index (χ1v) is 22.1. The molecule has 0 saturated heterocycles. The van der Waals surface area contributed by atoms with E-state index in [1.54, 1.807) is 18.9 Å². The third kappa shape index (κ3) is 10.4. The SMILES string of the molecule is CCCCCCc1c[c]([Sn]([CH2]CCC)([CH2]CCC)[CH2]CCC)sc1CCCCCC. The van der Waals surface area contributed by atoms with Crippen LogP contribution in [-0.2, 0) is 12.8 Å². The number of rotatable bonds is 20. The van der Waals surface area contributed by atoms with Crippen molar-refractivity contribution in [2.75, 3.05) is 0 Å². The van der Waals surface area contributed by atoms with Crippen LogP contribution in [-0.4, -0.2) is 18.4 Å². The molecule has 0 atom stereocenters. The van der Waals surface area contributed by atoms with Crippen molar-refractivity contribution in [3.05, 3.63) is 16.5 Å². The maximum absolute atomic E-state index is 2.81. The topological polar surface area (TPSA) is 0 Å². The van der Waals surface area contributed by atoms with Crippen LogP contribution >= 0.6 is 11.3 Å². The van der Waals surface area contributed by atoms with Gasteiger partial charge in [-0.25, -0.2) is 0 Å². The van der Waals surface area contributed by atoms with Crippen molar-refractivity contribution in [3.63, 3.8) is 0 Å². The summed E-state index contributed by atoms with van der Waals surface area (Å²) in [6.45, 7) is 11.9. The van der Waals surface area contributed by atoms with Crippen LogP contribution in [0.25, 0.3) is 0 Å². The minimum atomic E-state index is -2.26. The molecule has 0 bridgehead atoms. The van der Waals surface area contributed by atoms with E-state index in [1.165, 1.54) is 103 Å². The third-order valence-corrected chi connectivity index (χ3v) is 26.5. The second kappa shape index (κ2) is 18.0. The van der Waals surface area contributed by atoms with Crippen molar-refractivity contribution in [2.45, 2.75) is 151 Å². The molecule has 176 valence electrons. The van der Waals surface area contributed by atoms with E-state index >= 15 is 0 Å². The van der Waals surface area contributed by atoms with E-state index in [1.807, 2.05) is 7.77 Å². The minimum absolute atomic E-state index is 1.35. The number of aryl methyl sites for hydroxylation is 2. The molecule has 30 heavy (non-hydrogen) atoms. The summed E-state index contributed by atoms with van der Waals surface area (Å²) in [6.07, 6.45) is 22.5. The zero-order valence-corrected chi connectivity index (χ0v) is 25.1. The average molecular weight is 542 g/mol. The molecule has 1 heterocycles. The molecule has 0 radical (unpaired) electrons. The Morgan fingerprint density at radius 1 is 0.567 bits per heavy atom.